The minimum absolute atomic E-state index is 0.0367. The maximum Gasteiger partial charge on any atom is 0.306 e. The molecule has 9 nitrogen and oxygen atoms in total. The summed E-state index contributed by atoms with van der Waals surface area (Å²) in [5.41, 5.74) is 0. The zero-order valence-electron chi connectivity index (χ0n) is 34.4. The van der Waals surface area contributed by atoms with E-state index < -0.39 is 32.5 Å². The number of allylic oxidation sites excluding steroid dienone is 8. The summed E-state index contributed by atoms with van der Waals surface area (Å²) in [5.74, 6) is -0.872. The monoisotopic (exact) mass is 768 g/mol. The number of phosphoric ester groups is 1. The quantitative estimate of drug-likeness (QED) is 0.0202. The fourth-order valence-corrected chi connectivity index (χ4v) is 6.02. The summed E-state index contributed by atoms with van der Waals surface area (Å²) >= 11 is 0. The summed E-state index contributed by atoms with van der Waals surface area (Å²) in [5, 5.41) is 0. The lowest BCUT2D eigenvalue weighted by molar-refractivity contribution is -0.870. The zero-order chi connectivity index (χ0) is 39.3. The molecule has 0 aromatic rings. The second kappa shape index (κ2) is 35.7. The van der Waals surface area contributed by atoms with Crippen LogP contribution >= 0.6 is 7.82 Å². The third kappa shape index (κ3) is 39.5. The van der Waals surface area contributed by atoms with Crippen molar-refractivity contribution in [2.24, 2.45) is 0 Å². The predicted octanol–water partition coefficient (Wildman–Crippen LogP) is 10.9. The van der Waals surface area contributed by atoms with E-state index in [-0.39, 0.29) is 26.1 Å². The van der Waals surface area contributed by atoms with E-state index in [1.807, 2.05) is 21.1 Å². The Morgan fingerprint density at radius 2 is 1.06 bits per heavy atom. The molecule has 0 saturated carbocycles. The van der Waals surface area contributed by atoms with Crippen molar-refractivity contribution in [1.29, 1.82) is 0 Å². The molecular weight excluding hydrogens is 689 g/mol. The fraction of sp³-hybridized carbons (Fsp3) is 0.767. The number of carbonyl (C=O) groups excluding carboxylic acids is 2. The lowest BCUT2D eigenvalue weighted by Gasteiger charge is -2.28. The average Bonchev–Trinajstić information content (AvgIpc) is 3.10. The molecule has 0 aliphatic rings. The van der Waals surface area contributed by atoms with Gasteiger partial charge in [0.15, 0.2) is 6.10 Å². The predicted molar refractivity (Wildman–Crippen MR) is 217 cm³/mol. The van der Waals surface area contributed by atoms with Crippen LogP contribution < -0.4 is 4.89 Å². The van der Waals surface area contributed by atoms with Gasteiger partial charge in [-0.3, -0.25) is 14.2 Å². The van der Waals surface area contributed by atoms with Crippen LogP contribution in [0.1, 0.15) is 162 Å². The summed E-state index contributed by atoms with van der Waals surface area (Å²) < 4.78 is 33.8. The van der Waals surface area contributed by atoms with Crippen molar-refractivity contribution in [3.8, 4) is 0 Å². The molecule has 2 atom stereocenters. The fourth-order valence-electron chi connectivity index (χ4n) is 5.29. The van der Waals surface area contributed by atoms with Crippen molar-refractivity contribution >= 4 is 19.8 Å². The van der Waals surface area contributed by atoms with E-state index in [0.717, 1.165) is 64.2 Å². The van der Waals surface area contributed by atoms with Crippen LogP contribution in [-0.4, -0.2) is 70.0 Å². The largest absolute Gasteiger partial charge is 0.756 e. The SMILES string of the molecule is CCC/C=C/C/C=C/C/C=C/C/C=C/CCCCCC(=O)OC[C@@H](COP(=O)([O-])OCC[N+](C)(C)C)OC(=O)CCCCCCCCCCCCCC. The van der Waals surface area contributed by atoms with E-state index in [0.29, 0.717) is 23.9 Å². The molecule has 0 heterocycles. The van der Waals surface area contributed by atoms with Gasteiger partial charge in [0.1, 0.15) is 19.8 Å². The molecule has 0 fully saturated rings. The van der Waals surface area contributed by atoms with Gasteiger partial charge in [-0.2, -0.15) is 0 Å². The molecule has 0 rings (SSSR count). The number of esters is 2. The van der Waals surface area contributed by atoms with Gasteiger partial charge in [0.25, 0.3) is 7.82 Å². The lowest BCUT2D eigenvalue weighted by atomic mass is 10.0. The number of hydrogen-bond acceptors (Lipinski definition) is 8. The number of likely N-dealkylation sites (N-methyl/N-ethyl adjacent to an activating group) is 1. The Balaban J connectivity index is 4.44. The third-order valence-electron chi connectivity index (χ3n) is 8.58. The molecule has 0 spiro atoms. The minimum Gasteiger partial charge on any atom is -0.756 e. The van der Waals surface area contributed by atoms with Gasteiger partial charge in [0.2, 0.25) is 0 Å². The smallest absolute Gasteiger partial charge is 0.306 e. The van der Waals surface area contributed by atoms with Crippen LogP contribution in [0, 0.1) is 0 Å². The van der Waals surface area contributed by atoms with Crippen LogP contribution in [-0.2, 0) is 32.7 Å². The zero-order valence-corrected chi connectivity index (χ0v) is 35.3. The van der Waals surface area contributed by atoms with Gasteiger partial charge < -0.3 is 27.9 Å². The third-order valence-corrected chi connectivity index (χ3v) is 9.55. The maximum absolute atomic E-state index is 12.6. The molecule has 0 radical (unpaired) electrons. The minimum atomic E-state index is -4.63. The van der Waals surface area contributed by atoms with Crippen molar-refractivity contribution in [2.75, 3.05) is 47.5 Å². The first-order chi connectivity index (χ1) is 25.5. The molecule has 0 aliphatic heterocycles. The van der Waals surface area contributed by atoms with Gasteiger partial charge in [-0.05, 0) is 51.4 Å². The molecule has 0 aromatic carbocycles. The summed E-state index contributed by atoms with van der Waals surface area (Å²) in [4.78, 5) is 37.4. The Morgan fingerprint density at radius 3 is 1.58 bits per heavy atom. The number of unbranched alkanes of at least 4 members (excludes halogenated alkanes) is 15. The topological polar surface area (TPSA) is 111 Å². The van der Waals surface area contributed by atoms with Crippen LogP contribution in [0.5, 0.6) is 0 Å². The number of hydrogen-bond donors (Lipinski definition) is 0. The molecule has 1 unspecified atom stereocenters. The number of phosphoric acid groups is 1. The number of rotatable bonds is 37. The van der Waals surface area contributed by atoms with Crippen LogP contribution in [0.2, 0.25) is 0 Å². The van der Waals surface area contributed by atoms with Gasteiger partial charge in [0, 0.05) is 12.8 Å². The van der Waals surface area contributed by atoms with Crippen LogP contribution in [0.3, 0.4) is 0 Å². The highest BCUT2D eigenvalue weighted by Crippen LogP contribution is 2.38. The first-order valence-electron chi connectivity index (χ1n) is 20.8. The summed E-state index contributed by atoms with van der Waals surface area (Å²) in [6.45, 7) is 4.10. The van der Waals surface area contributed by atoms with E-state index in [2.05, 4.69) is 62.5 Å². The van der Waals surface area contributed by atoms with Crippen LogP contribution in [0.4, 0.5) is 0 Å². The first-order valence-corrected chi connectivity index (χ1v) is 22.3. The van der Waals surface area contributed by atoms with Crippen molar-refractivity contribution in [3.05, 3.63) is 48.6 Å². The summed E-state index contributed by atoms with van der Waals surface area (Å²) in [7, 11) is 1.14. The molecule has 0 bridgehead atoms. The number of nitrogens with zero attached hydrogens (tertiary/aromatic N) is 1. The highest BCUT2D eigenvalue weighted by atomic mass is 31.2. The molecule has 0 saturated heterocycles. The lowest BCUT2D eigenvalue weighted by Crippen LogP contribution is -2.37. The molecule has 10 heteroatoms. The maximum atomic E-state index is 12.6. The van der Waals surface area contributed by atoms with E-state index in [1.165, 1.54) is 57.8 Å². The normalized spacial score (nSPS) is 14.2. The second-order valence-corrected chi connectivity index (χ2v) is 16.4. The van der Waals surface area contributed by atoms with Gasteiger partial charge in [-0.1, -0.05) is 146 Å². The molecule has 0 amide bonds. The highest BCUT2D eigenvalue weighted by molar-refractivity contribution is 7.45. The van der Waals surface area contributed by atoms with Crippen molar-refractivity contribution in [1.82, 2.24) is 0 Å². The number of quaternary nitrogens is 1. The van der Waals surface area contributed by atoms with E-state index in [9.17, 15) is 19.0 Å². The van der Waals surface area contributed by atoms with E-state index >= 15 is 0 Å². The number of carbonyl (C=O) groups is 2. The molecular formula is C43H78NO8P. The molecule has 0 aliphatic carbocycles. The van der Waals surface area contributed by atoms with Gasteiger partial charge >= 0.3 is 11.9 Å². The molecule has 0 aromatic heterocycles. The Labute approximate surface area is 324 Å². The Kier molecular flexibility index (Phi) is 34.3. The standard InChI is InChI=1S/C43H78NO8P/c1-6-8-10-12-14-16-18-20-21-22-23-24-26-27-29-31-33-35-42(45)49-39-41(40-51-53(47,48)50-38-37-44(3,4)5)52-43(46)36-34-32-30-28-25-19-17-15-13-11-9-7-2/h10,12,16,18,21-22,24,26,41H,6-9,11,13-15,17,19-20,23,25,27-40H2,1-5H3/b12-10+,18-16+,22-21+,26-24+/t41-/m0/s1. The van der Waals surface area contributed by atoms with Gasteiger partial charge in [-0.15, -0.1) is 0 Å². The molecule has 0 N–H and O–H groups in total. The summed E-state index contributed by atoms with van der Waals surface area (Å²) in [6.07, 6.45) is 39.9. The molecule has 308 valence electrons. The second-order valence-electron chi connectivity index (χ2n) is 15.0. The summed E-state index contributed by atoms with van der Waals surface area (Å²) in [6, 6.07) is 0. The Hall–Kier alpha value is -2.03. The van der Waals surface area contributed by atoms with Crippen molar-refractivity contribution in [3.63, 3.8) is 0 Å². The molecule has 53 heavy (non-hydrogen) atoms. The first kappa shape index (κ1) is 51.0. The highest BCUT2D eigenvalue weighted by Gasteiger charge is 2.21. The van der Waals surface area contributed by atoms with Crippen molar-refractivity contribution in [2.45, 2.75) is 168 Å². The van der Waals surface area contributed by atoms with Crippen LogP contribution in [0.15, 0.2) is 48.6 Å². The Bertz CT molecular complexity index is 1050. The Morgan fingerprint density at radius 1 is 0.585 bits per heavy atom. The van der Waals surface area contributed by atoms with Crippen molar-refractivity contribution < 1.29 is 42.1 Å². The van der Waals surface area contributed by atoms with E-state index in [1.54, 1.807) is 0 Å². The van der Waals surface area contributed by atoms with Gasteiger partial charge in [-0.25, -0.2) is 0 Å². The van der Waals surface area contributed by atoms with E-state index in [4.69, 9.17) is 18.5 Å². The number of ether oxygens (including phenoxy) is 2. The average molecular weight is 768 g/mol. The van der Waals surface area contributed by atoms with Crippen LogP contribution in [0.25, 0.3) is 0 Å². The van der Waals surface area contributed by atoms with Gasteiger partial charge in [0.05, 0.1) is 27.7 Å².